The van der Waals surface area contributed by atoms with E-state index in [1.807, 2.05) is 18.7 Å². The van der Waals surface area contributed by atoms with E-state index < -0.39 is 10.0 Å². The van der Waals surface area contributed by atoms with Crippen molar-refractivity contribution in [3.63, 3.8) is 0 Å². The number of hydrogen-bond donors (Lipinski definition) is 0. The second-order valence-corrected chi connectivity index (χ2v) is 10.8. The van der Waals surface area contributed by atoms with Crippen LogP contribution < -0.4 is 0 Å². The molecule has 29 heavy (non-hydrogen) atoms. The molecule has 2 heterocycles. The molecule has 3 fully saturated rings. The van der Waals surface area contributed by atoms with Crippen molar-refractivity contribution in [2.75, 3.05) is 19.6 Å². The topological polar surface area (TPSA) is 66.9 Å². The first-order valence-corrected chi connectivity index (χ1v) is 12.4. The van der Waals surface area contributed by atoms with E-state index in [1.54, 1.807) is 24.3 Å². The molecule has 0 spiro atoms. The number of carbonyl (C=O) groups is 1. The van der Waals surface area contributed by atoms with Gasteiger partial charge in [-0.2, -0.15) is 4.31 Å². The minimum absolute atomic E-state index is 0.0409. The van der Waals surface area contributed by atoms with Crippen molar-refractivity contribution in [2.24, 2.45) is 5.92 Å². The van der Waals surface area contributed by atoms with Crippen molar-refractivity contribution in [2.45, 2.75) is 75.5 Å². The molecule has 2 aliphatic heterocycles. The molecule has 0 radical (unpaired) electrons. The second kappa shape index (κ2) is 8.36. The number of benzene rings is 1. The monoisotopic (exact) mass is 420 g/mol. The molecular weight excluding hydrogens is 388 g/mol. The third kappa shape index (κ3) is 4.23. The van der Waals surface area contributed by atoms with E-state index in [1.165, 1.54) is 30.0 Å². The van der Waals surface area contributed by atoms with E-state index in [0.717, 1.165) is 19.4 Å². The molecule has 4 unspecified atom stereocenters. The zero-order valence-electron chi connectivity index (χ0n) is 17.4. The van der Waals surface area contributed by atoms with Gasteiger partial charge in [-0.3, -0.25) is 4.79 Å². The highest BCUT2D eigenvalue weighted by atomic mass is 32.2. The third-order valence-corrected chi connectivity index (χ3v) is 8.48. The average molecular weight is 421 g/mol. The molecule has 160 valence electrons. The number of piperidine rings is 1. The number of hydrogen-bond acceptors (Lipinski definition) is 4. The summed E-state index contributed by atoms with van der Waals surface area (Å²) < 4.78 is 33.2. The van der Waals surface area contributed by atoms with Gasteiger partial charge < -0.3 is 9.64 Å². The lowest BCUT2D eigenvalue weighted by Gasteiger charge is -2.44. The summed E-state index contributed by atoms with van der Waals surface area (Å²) >= 11 is 0. The van der Waals surface area contributed by atoms with Gasteiger partial charge in [0.2, 0.25) is 10.0 Å². The SMILES string of the molecule is CC1CN(S(=O)(=O)c2ccc(C(=O)N3CCCC4CCCCC43)cc2)CC(C)O1. The standard InChI is InChI=1S/C22H32N2O4S/c1-16-14-23(15-17(2)28-16)29(26,27)20-11-9-19(10-12-20)22(25)24-13-5-7-18-6-3-4-8-21(18)24/h9-12,16-18,21H,3-8,13-15H2,1-2H3. The summed E-state index contributed by atoms with van der Waals surface area (Å²) in [6.07, 6.45) is 6.81. The van der Waals surface area contributed by atoms with Crippen LogP contribution in [0.3, 0.4) is 0 Å². The first-order chi connectivity index (χ1) is 13.9. The van der Waals surface area contributed by atoms with Crippen molar-refractivity contribution < 1.29 is 17.9 Å². The highest BCUT2D eigenvalue weighted by Crippen LogP contribution is 2.36. The van der Waals surface area contributed by atoms with Gasteiger partial charge >= 0.3 is 0 Å². The number of nitrogens with zero attached hydrogens (tertiary/aromatic N) is 2. The molecule has 3 aliphatic rings. The van der Waals surface area contributed by atoms with Gasteiger partial charge in [-0.1, -0.05) is 12.8 Å². The zero-order valence-corrected chi connectivity index (χ0v) is 18.2. The molecular formula is C22H32N2O4S. The molecule has 6 nitrogen and oxygen atoms in total. The maximum Gasteiger partial charge on any atom is 0.254 e. The summed E-state index contributed by atoms with van der Waals surface area (Å²) in [5.41, 5.74) is 0.582. The molecule has 0 bridgehead atoms. The Bertz CT molecular complexity index is 827. The lowest BCUT2D eigenvalue weighted by atomic mass is 9.78. The minimum Gasteiger partial charge on any atom is -0.373 e. The molecule has 7 heteroatoms. The number of morpholine rings is 1. The zero-order chi connectivity index (χ0) is 20.6. The van der Waals surface area contributed by atoms with Crippen LogP contribution in [0.4, 0.5) is 0 Å². The Morgan fingerprint density at radius 3 is 2.28 bits per heavy atom. The summed E-state index contributed by atoms with van der Waals surface area (Å²) in [7, 11) is -3.59. The Kier molecular flexibility index (Phi) is 6.00. The molecule has 0 N–H and O–H groups in total. The van der Waals surface area contributed by atoms with E-state index in [-0.39, 0.29) is 23.0 Å². The van der Waals surface area contributed by atoms with E-state index >= 15 is 0 Å². The number of likely N-dealkylation sites (tertiary alicyclic amines) is 1. The number of carbonyl (C=O) groups excluding carboxylic acids is 1. The van der Waals surface area contributed by atoms with Gasteiger partial charge in [0.25, 0.3) is 5.91 Å². The van der Waals surface area contributed by atoms with Crippen LogP contribution in [0.15, 0.2) is 29.2 Å². The van der Waals surface area contributed by atoms with Crippen LogP contribution in [0.2, 0.25) is 0 Å². The molecule has 1 saturated carbocycles. The fraction of sp³-hybridized carbons (Fsp3) is 0.682. The molecule has 2 saturated heterocycles. The molecule has 1 aliphatic carbocycles. The van der Waals surface area contributed by atoms with Gasteiger partial charge in [0.1, 0.15) is 0 Å². The lowest BCUT2D eigenvalue weighted by Crippen LogP contribution is -2.49. The Morgan fingerprint density at radius 2 is 1.59 bits per heavy atom. The van der Waals surface area contributed by atoms with Crippen LogP contribution in [0.5, 0.6) is 0 Å². The molecule has 0 aromatic heterocycles. The maximum atomic E-state index is 13.2. The number of fused-ring (bicyclic) bond motifs is 1. The van der Waals surface area contributed by atoms with Gasteiger partial charge in [0, 0.05) is 31.2 Å². The predicted molar refractivity (Wildman–Crippen MR) is 111 cm³/mol. The van der Waals surface area contributed by atoms with Crippen LogP contribution >= 0.6 is 0 Å². The highest BCUT2D eigenvalue weighted by molar-refractivity contribution is 7.89. The summed E-state index contributed by atoms with van der Waals surface area (Å²) in [6.45, 7) is 5.28. The lowest BCUT2D eigenvalue weighted by molar-refractivity contribution is -0.0440. The van der Waals surface area contributed by atoms with Crippen LogP contribution in [0, 0.1) is 5.92 Å². The summed E-state index contributed by atoms with van der Waals surface area (Å²) in [4.78, 5) is 15.4. The summed E-state index contributed by atoms with van der Waals surface area (Å²) in [5.74, 6) is 0.672. The van der Waals surface area contributed by atoms with Crippen molar-refractivity contribution in [1.82, 2.24) is 9.21 Å². The largest absolute Gasteiger partial charge is 0.373 e. The normalized spacial score (nSPS) is 31.3. The Balaban J connectivity index is 1.50. The fourth-order valence-corrected chi connectivity index (χ4v) is 6.88. The van der Waals surface area contributed by atoms with E-state index in [4.69, 9.17) is 4.74 Å². The smallest absolute Gasteiger partial charge is 0.254 e. The minimum atomic E-state index is -3.59. The molecule has 4 rings (SSSR count). The van der Waals surface area contributed by atoms with Gasteiger partial charge in [0.05, 0.1) is 17.1 Å². The van der Waals surface area contributed by atoms with Crippen LogP contribution in [0.25, 0.3) is 0 Å². The molecule has 1 aromatic carbocycles. The van der Waals surface area contributed by atoms with Crippen LogP contribution in [0.1, 0.15) is 62.7 Å². The summed E-state index contributed by atoms with van der Waals surface area (Å²) in [5, 5.41) is 0. The predicted octanol–water partition coefficient (Wildman–Crippen LogP) is 3.28. The summed E-state index contributed by atoms with van der Waals surface area (Å²) in [6, 6.07) is 6.86. The maximum absolute atomic E-state index is 13.2. The second-order valence-electron chi connectivity index (χ2n) is 8.86. The van der Waals surface area contributed by atoms with Crippen molar-refractivity contribution in [3.8, 4) is 0 Å². The average Bonchev–Trinajstić information content (AvgIpc) is 2.72. The van der Waals surface area contributed by atoms with Crippen molar-refractivity contribution >= 4 is 15.9 Å². The van der Waals surface area contributed by atoms with Crippen LogP contribution in [-0.4, -0.2) is 61.4 Å². The van der Waals surface area contributed by atoms with Crippen molar-refractivity contribution in [3.05, 3.63) is 29.8 Å². The fourth-order valence-electron chi connectivity index (χ4n) is 5.29. The number of rotatable bonds is 3. The molecule has 1 aromatic rings. The quantitative estimate of drug-likeness (QED) is 0.753. The Hall–Kier alpha value is -1.44. The first-order valence-electron chi connectivity index (χ1n) is 10.9. The molecule has 4 atom stereocenters. The number of ether oxygens (including phenoxy) is 1. The Labute approximate surface area is 174 Å². The molecule has 1 amide bonds. The van der Waals surface area contributed by atoms with Gasteiger partial charge in [-0.05, 0) is 69.7 Å². The van der Waals surface area contributed by atoms with Crippen molar-refractivity contribution in [1.29, 1.82) is 0 Å². The van der Waals surface area contributed by atoms with Gasteiger partial charge in [-0.15, -0.1) is 0 Å². The van der Waals surface area contributed by atoms with Gasteiger partial charge in [0.15, 0.2) is 0 Å². The van der Waals surface area contributed by atoms with E-state index in [2.05, 4.69) is 0 Å². The van der Waals surface area contributed by atoms with E-state index in [9.17, 15) is 13.2 Å². The van der Waals surface area contributed by atoms with Crippen LogP contribution in [-0.2, 0) is 14.8 Å². The first kappa shape index (κ1) is 20.8. The number of amides is 1. The Morgan fingerprint density at radius 1 is 0.966 bits per heavy atom. The van der Waals surface area contributed by atoms with E-state index in [0.29, 0.717) is 30.6 Å². The highest BCUT2D eigenvalue weighted by Gasteiger charge is 2.36. The number of sulfonamides is 1. The van der Waals surface area contributed by atoms with Gasteiger partial charge in [-0.25, -0.2) is 8.42 Å². The third-order valence-electron chi connectivity index (χ3n) is 6.63.